The summed E-state index contributed by atoms with van der Waals surface area (Å²) in [5.41, 5.74) is 1.22. The van der Waals surface area contributed by atoms with Gasteiger partial charge in [0, 0.05) is 23.7 Å². The molecule has 1 aromatic heterocycles. The molecule has 23 heavy (non-hydrogen) atoms. The number of nitrogens with zero attached hydrogens (tertiary/aromatic N) is 1. The number of aromatic nitrogens is 1. The first-order chi connectivity index (χ1) is 11.2. The van der Waals surface area contributed by atoms with E-state index in [9.17, 15) is 9.18 Å². The maximum Gasteiger partial charge on any atom is 0.278 e. The zero-order valence-corrected chi connectivity index (χ0v) is 12.8. The predicted octanol–water partition coefficient (Wildman–Crippen LogP) is 4.00. The smallest absolute Gasteiger partial charge is 0.278 e. The highest BCUT2D eigenvalue weighted by atomic mass is 32.1. The van der Waals surface area contributed by atoms with Gasteiger partial charge < -0.3 is 10.1 Å². The topological polar surface area (TPSA) is 51.2 Å². The number of carbonyl (C=O) groups is 1. The van der Waals surface area contributed by atoms with Crippen LogP contribution in [0.25, 0.3) is 0 Å². The number of nitrogens with one attached hydrogen (secondary N) is 1. The second-order valence-electron chi connectivity index (χ2n) is 4.74. The van der Waals surface area contributed by atoms with Gasteiger partial charge in [-0.15, -0.1) is 0 Å². The Balaban J connectivity index is 1.57. The van der Waals surface area contributed by atoms with Crippen molar-refractivity contribution < 1.29 is 13.9 Å². The zero-order chi connectivity index (χ0) is 16.1. The van der Waals surface area contributed by atoms with E-state index < -0.39 is 5.82 Å². The van der Waals surface area contributed by atoms with E-state index >= 15 is 0 Å². The minimum atomic E-state index is -0.429. The minimum absolute atomic E-state index is 0.300. The number of hydrogen-bond donors (Lipinski definition) is 1. The van der Waals surface area contributed by atoms with Gasteiger partial charge in [-0.1, -0.05) is 29.5 Å². The van der Waals surface area contributed by atoms with Gasteiger partial charge in [0.05, 0.1) is 0 Å². The van der Waals surface area contributed by atoms with Crippen LogP contribution in [-0.4, -0.2) is 10.9 Å². The lowest BCUT2D eigenvalue weighted by Crippen LogP contribution is -2.22. The van der Waals surface area contributed by atoms with E-state index in [1.165, 1.54) is 29.5 Å². The monoisotopic (exact) mass is 328 g/mol. The summed E-state index contributed by atoms with van der Waals surface area (Å²) in [6.45, 7) is 0.354. The SMILES string of the molecule is O=C(NCc1ccc(Oc2nccs2)cc1)c1cccc(F)c1. The van der Waals surface area contributed by atoms with Crippen LogP contribution in [0.3, 0.4) is 0 Å². The number of benzene rings is 2. The fourth-order valence-electron chi connectivity index (χ4n) is 1.95. The number of halogens is 1. The lowest BCUT2D eigenvalue weighted by atomic mass is 10.2. The number of rotatable bonds is 5. The summed E-state index contributed by atoms with van der Waals surface area (Å²) in [5, 5.41) is 5.17. The van der Waals surface area contributed by atoms with Crippen molar-refractivity contribution in [1.29, 1.82) is 0 Å². The van der Waals surface area contributed by atoms with Gasteiger partial charge in [0.15, 0.2) is 0 Å². The molecule has 0 spiro atoms. The van der Waals surface area contributed by atoms with E-state index in [4.69, 9.17) is 4.74 Å². The van der Waals surface area contributed by atoms with Gasteiger partial charge in [-0.25, -0.2) is 9.37 Å². The summed E-state index contributed by atoms with van der Waals surface area (Å²) in [4.78, 5) is 16.0. The van der Waals surface area contributed by atoms with Crippen LogP contribution < -0.4 is 10.1 Å². The first-order valence-electron chi connectivity index (χ1n) is 6.91. The molecule has 0 bridgehead atoms. The molecule has 1 amide bonds. The van der Waals surface area contributed by atoms with Gasteiger partial charge in [-0.05, 0) is 35.9 Å². The molecule has 0 aliphatic rings. The summed E-state index contributed by atoms with van der Waals surface area (Å²) < 4.78 is 18.7. The van der Waals surface area contributed by atoms with Crippen molar-refractivity contribution in [2.24, 2.45) is 0 Å². The molecule has 6 heteroatoms. The highest BCUT2D eigenvalue weighted by Crippen LogP contribution is 2.23. The molecule has 0 fully saturated rings. The summed E-state index contributed by atoms with van der Waals surface area (Å²) in [6, 6.07) is 12.9. The summed E-state index contributed by atoms with van der Waals surface area (Å²) in [5.74, 6) is -0.0610. The van der Waals surface area contributed by atoms with Gasteiger partial charge in [0.25, 0.3) is 11.1 Å². The van der Waals surface area contributed by atoms with Crippen molar-refractivity contribution in [3.63, 3.8) is 0 Å². The molecule has 4 nitrogen and oxygen atoms in total. The normalized spacial score (nSPS) is 10.3. The van der Waals surface area contributed by atoms with Crippen molar-refractivity contribution in [3.8, 4) is 10.9 Å². The molecule has 0 unspecified atom stereocenters. The van der Waals surface area contributed by atoms with Gasteiger partial charge in [0.1, 0.15) is 11.6 Å². The first kappa shape index (κ1) is 15.2. The lowest BCUT2D eigenvalue weighted by Gasteiger charge is -2.07. The van der Waals surface area contributed by atoms with E-state index in [0.29, 0.717) is 23.1 Å². The van der Waals surface area contributed by atoms with Crippen LogP contribution in [0.15, 0.2) is 60.1 Å². The van der Waals surface area contributed by atoms with Crippen molar-refractivity contribution in [3.05, 3.63) is 77.1 Å². The third-order valence-corrected chi connectivity index (χ3v) is 3.73. The number of carbonyl (C=O) groups excluding carboxylic acids is 1. The molecule has 0 saturated carbocycles. The fourth-order valence-corrected chi connectivity index (χ4v) is 2.46. The molecule has 3 aromatic rings. The summed E-state index contributed by atoms with van der Waals surface area (Å²) in [6.07, 6.45) is 1.68. The second-order valence-corrected chi connectivity index (χ2v) is 5.59. The lowest BCUT2D eigenvalue weighted by molar-refractivity contribution is 0.0950. The van der Waals surface area contributed by atoms with E-state index in [2.05, 4.69) is 10.3 Å². The molecule has 1 N–H and O–H groups in total. The third-order valence-electron chi connectivity index (χ3n) is 3.08. The molecular formula is C17H13FN2O2S. The average Bonchev–Trinajstić information content (AvgIpc) is 3.07. The number of hydrogen-bond acceptors (Lipinski definition) is 4. The Bertz CT molecular complexity index is 789. The van der Waals surface area contributed by atoms with E-state index in [1.54, 1.807) is 12.3 Å². The van der Waals surface area contributed by atoms with Gasteiger partial charge >= 0.3 is 0 Å². The molecule has 0 atom stereocenters. The van der Waals surface area contributed by atoms with Gasteiger partial charge in [-0.2, -0.15) is 0 Å². The van der Waals surface area contributed by atoms with Crippen molar-refractivity contribution >= 4 is 17.2 Å². The highest BCUT2D eigenvalue weighted by Gasteiger charge is 2.06. The van der Waals surface area contributed by atoms with Gasteiger partial charge in [-0.3, -0.25) is 4.79 Å². The van der Waals surface area contributed by atoms with Crippen LogP contribution in [0.4, 0.5) is 4.39 Å². The van der Waals surface area contributed by atoms with Crippen LogP contribution in [0.5, 0.6) is 10.9 Å². The number of thiazole rings is 1. The summed E-state index contributed by atoms with van der Waals surface area (Å²) >= 11 is 1.41. The Hall–Kier alpha value is -2.73. The highest BCUT2D eigenvalue weighted by molar-refractivity contribution is 7.11. The standard InChI is InChI=1S/C17H13FN2O2S/c18-14-3-1-2-13(10-14)16(21)20-11-12-4-6-15(7-5-12)22-17-19-8-9-23-17/h1-10H,11H2,(H,20,21). The third kappa shape index (κ3) is 4.14. The second kappa shape index (κ2) is 7.02. The first-order valence-corrected chi connectivity index (χ1v) is 7.79. The van der Waals surface area contributed by atoms with Crippen LogP contribution in [0, 0.1) is 5.82 Å². The fraction of sp³-hybridized carbons (Fsp3) is 0.0588. The van der Waals surface area contributed by atoms with Crippen molar-refractivity contribution in [2.75, 3.05) is 0 Å². The molecule has 0 radical (unpaired) electrons. The van der Waals surface area contributed by atoms with E-state index in [-0.39, 0.29) is 5.91 Å². The summed E-state index contributed by atoms with van der Waals surface area (Å²) in [7, 11) is 0. The largest absolute Gasteiger partial charge is 0.431 e. The maximum atomic E-state index is 13.1. The zero-order valence-electron chi connectivity index (χ0n) is 12.0. The predicted molar refractivity (Wildman–Crippen MR) is 86.2 cm³/mol. The molecule has 0 aliphatic heterocycles. The minimum Gasteiger partial charge on any atom is -0.431 e. The van der Waals surface area contributed by atoms with Crippen LogP contribution in [-0.2, 0) is 6.54 Å². The maximum absolute atomic E-state index is 13.1. The molecule has 3 rings (SSSR count). The molecule has 0 aliphatic carbocycles. The quantitative estimate of drug-likeness (QED) is 0.770. The van der Waals surface area contributed by atoms with Crippen LogP contribution in [0.2, 0.25) is 0 Å². The van der Waals surface area contributed by atoms with Gasteiger partial charge in [0.2, 0.25) is 0 Å². The Morgan fingerprint density at radius 3 is 2.74 bits per heavy atom. The van der Waals surface area contributed by atoms with E-state index in [0.717, 1.165) is 5.56 Å². The molecule has 1 heterocycles. The van der Waals surface area contributed by atoms with Crippen LogP contribution >= 0.6 is 11.3 Å². The van der Waals surface area contributed by atoms with Crippen molar-refractivity contribution in [1.82, 2.24) is 10.3 Å². The average molecular weight is 328 g/mol. The van der Waals surface area contributed by atoms with Crippen molar-refractivity contribution in [2.45, 2.75) is 6.54 Å². The number of ether oxygens (including phenoxy) is 1. The Morgan fingerprint density at radius 1 is 1.22 bits per heavy atom. The Morgan fingerprint density at radius 2 is 2.04 bits per heavy atom. The van der Waals surface area contributed by atoms with E-state index in [1.807, 2.05) is 29.6 Å². The molecule has 2 aromatic carbocycles. The molecule has 116 valence electrons. The molecular weight excluding hydrogens is 315 g/mol. The Labute approximate surface area is 136 Å². The molecule has 0 saturated heterocycles. The Kier molecular flexibility index (Phi) is 4.63. The number of amides is 1. The van der Waals surface area contributed by atoms with Crippen LogP contribution in [0.1, 0.15) is 15.9 Å².